The third-order valence-electron chi connectivity index (χ3n) is 5.54. The van der Waals surface area contributed by atoms with E-state index in [1.807, 2.05) is 0 Å². The van der Waals surface area contributed by atoms with Crippen LogP contribution in [0.3, 0.4) is 0 Å². The first-order valence-electron chi connectivity index (χ1n) is 8.65. The van der Waals surface area contributed by atoms with E-state index in [0.29, 0.717) is 17.9 Å². The summed E-state index contributed by atoms with van der Waals surface area (Å²) in [6.07, 6.45) is 6.47. The van der Waals surface area contributed by atoms with Gasteiger partial charge in [-0.2, -0.15) is 0 Å². The van der Waals surface area contributed by atoms with Gasteiger partial charge in [0.15, 0.2) is 0 Å². The van der Waals surface area contributed by atoms with Gasteiger partial charge in [-0.3, -0.25) is 9.69 Å². The summed E-state index contributed by atoms with van der Waals surface area (Å²) < 4.78 is 0. The summed E-state index contributed by atoms with van der Waals surface area (Å²) >= 11 is 0. The zero-order valence-electron chi connectivity index (χ0n) is 13.0. The molecule has 1 amide bonds. The Balaban J connectivity index is 1.58. The zero-order chi connectivity index (χ0) is 14.7. The minimum atomic E-state index is 0.124. The van der Waals surface area contributed by atoms with Crippen molar-refractivity contribution in [2.24, 2.45) is 5.92 Å². The summed E-state index contributed by atoms with van der Waals surface area (Å²) in [7, 11) is 0. The highest BCUT2D eigenvalue weighted by Crippen LogP contribution is 2.27. The maximum Gasteiger partial charge on any atom is 0.239 e. The van der Waals surface area contributed by atoms with Gasteiger partial charge in [0, 0.05) is 25.7 Å². The Kier molecular flexibility index (Phi) is 5.14. The number of nitrogens with one attached hydrogen (secondary N) is 1. The molecule has 3 heterocycles. The van der Waals surface area contributed by atoms with Crippen LogP contribution in [-0.2, 0) is 4.79 Å². The fourth-order valence-corrected chi connectivity index (χ4v) is 4.18. The molecule has 0 bridgehead atoms. The average Bonchev–Trinajstić information content (AvgIpc) is 3.04. The third-order valence-corrected chi connectivity index (χ3v) is 5.54. The normalized spacial score (nSPS) is 30.0. The minimum absolute atomic E-state index is 0.124. The molecule has 0 spiro atoms. The lowest BCUT2D eigenvalue weighted by atomic mass is 9.97. The van der Waals surface area contributed by atoms with E-state index in [0.717, 1.165) is 58.4 Å². The van der Waals surface area contributed by atoms with E-state index in [2.05, 4.69) is 15.1 Å². The Morgan fingerprint density at radius 1 is 1.05 bits per heavy atom. The van der Waals surface area contributed by atoms with E-state index >= 15 is 0 Å². The molecule has 3 saturated heterocycles. The molecule has 0 aromatic carbocycles. The molecule has 120 valence electrons. The van der Waals surface area contributed by atoms with Gasteiger partial charge in [0.05, 0.1) is 6.04 Å². The molecule has 5 heteroatoms. The van der Waals surface area contributed by atoms with E-state index in [4.69, 9.17) is 0 Å². The highest BCUT2D eigenvalue weighted by Gasteiger charge is 2.38. The Labute approximate surface area is 127 Å². The van der Waals surface area contributed by atoms with Crippen molar-refractivity contribution in [3.63, 3.8) is 0 Å². The lowest BCUT2D eigenvalue weighted by Crippen LogP contribution is -2.53. The number of aliphatic hydroxyl groups excluding tert-OH is 1. The first-order valence-corrected chi connectivity index (χ1v) is 8.65. The van der Waals surface area contributed by atoms with Crippen LogP contribution in [0.2, 0.25) is 0 Å². The van der Waals surface area contributed by atoms with Gasteiger partial charge in [-0.1, -0.05) is 0 Å². The number of hydrogen-bond acceptors (Lipinski definition) is 4. The quantitative estimate of drug-likeness (QED) is 0.793. The molecule has 3 rings (SSSR count). The van der Waals surface area contributed by atoms with Crippen LogP contribution in [0, 0.1) is 5.92 Å². The number of likely N-dealkylation sites (tertiary alicyclic amines) is 2. The predicted octanol–water partition coefficient (Wildman–Crippen LogP) is 0.434. The van der Waals surface area contributed by atoms with Gasteiger partial charge < -0.3 is 15.3 Å². The highest BCUT2D eigenvalue weighted by molar-refractivity contribution is 5.82. The van der Waals surface area contributed by atoms with Crippen LogP contribution in [0.1, 0.15) is 38.5 Å². The Bertz CT molecular complexity index is 349. The highest BCUT2D eigenvalue weighted by atomic mass is 16.3. The van der Waals surface area contributed by atoms with Crippen molar-refractivity contribution in [2.45, 2.75) is 50.6 Å². The molecule has 1 unspecified atom stereocenters. The number of amides is 1. The first-order chi connectivity index (χ1) is 10.3. The molecule has 3 aliphatic rings. The second kappa shape index (κ2) is 7.07. The Morgan fingerprint density at radius 2 is 1.76 bits per heavy atom. The molecule has 5 nitrogen and oxygen atoms in total. The number of nitrogens with zero attached hydrogens (tertiary/aromatic N) is 2. The molecule has 21 heavy (non-hydrogen) atoms. The van der Waals surface area contributed by atoms with Crippen molar-refractivity contribution in [2.75, 3.05) is 39.3 Å². The summed E-state index contributed by atoms with van der Waals surface area (Å²) in [4.78, 5) is 17.4. The van der Waals surface area contributed by atoms with E-state index in [-0.39, 0.29) is 12.6 Å². The van der Waals surface area contributed by atoms with Gasteiger partial charge in [0.25, 0.3) is 0 Å². The third kappa shape index (κ3) is 3.41. The molecule has 3 fully saturated rings. The van der Waals surface area contributed by atoms with Gasteiger partial charge in [-0.15, -0.1) is 0 Å². The summed E-state index contributed by atoms with van der Waals surface area (Å²) in [5.41, 5.74) is 0. The molecule has 0 aromatic heterocycles. The van der Waals surface area contributed by atoms with Crippen LogP contribution in [0.5, 0.6) is 0 Å². The topological polar surface area (TPSA) is 55.8 Å². The number of carbonyl (C=O) groups excluding carboxylic acids is 1. The molecule has 0 saturated carbocycles. The largest absolute Gasteiger partial charge is 0.396 e. The second-order valence-electron chi connectivity index (χ2n) is 6.83. The van der Waals surface area contributed by atoms with Crippen molar-refractivity contribution in [3.8, 4) is 0 Å². The predicted molar refractivity (Wildman–Crippen MR) is 82.0 cm³/mol. The smallest absolute Gasteiger partial charge is 0.239 e. The number of aliphatic hydroxyl groups is 1. The minimum Gasteiger partial charge on any atom is -0.396 e. The van der Waals surface area contributed by atoms with Crippen LogP contribution < -0.4 is 5.32 Å². The summed E-state index contributed by atoms with van der Waals surface area (Å²) in [5.74, 6) is 0.751. The van der Waals surface area contributed by atoms with E-state index in [9.17, 15) is 9.90 Å². The van der Waals surface area contributed by atoms with Crippen molar-refractivity contribution < 1.29 is 9.90 Å². The van der Waals surface area contributed by atoms with Crippen molar-refractivity contribution in [1.82, 2.24) is 15.1 Å². The Morgan fingerprint density at radius 3 is 2.43 bits per heavy atom. The average molecular weight is 295 g/mol. The number of carbonyl (C=O) groups is 1. The zero-order valence-corrected chi connectivity index (χ0v) is 13.0. The summed E-state index contributed by atoms with van der Waals surface area (Å²) in [5, 5.41) is 12.6. The van der Waals surface area contributed by atoms with Crippen LogP contribution in [0.25, 0.3) is 0 Å². The van der Waals surface area contributed by atoms with Crippen LogP contribution in [-0.4, -0.2) is 72.2 Å². The molecular weight excluding hydrogens is 266 g/mol. The molecule has 1 atom stereocenters. The molecule has 0 aromatic rings. The molecule has 3 aliphatic heterocycles. The van der Waals surface area contributed by atoms with Crippen LogP contribution in [0.4, 0.5) is 0 Å². The number of rotatable bonds is 3. The van der Waals surface area contributed by atoms with Crippen LogP contribution >= 0.6 is 0 Å². The molecular formula is C16H29N3O2. The molecule has 0 radical (unpaired) electrons. The monoisotopic (exact) mass is 295 g/mol. The Hall–Kier alpha value is -0.650. The van der Waals surface area contributed by atoms with Crippen molar-refractivity contribution in [1.29, 1.82) is 0 Å². The van der Waals surface area contributed by atoms with Gasteiger partial charge in [0.2, 0.25) is 5.91 Å². The SMILES string of the molecule is O=C(C1CCCN1C1CCNCC1)N1CCC(CO)CC1. The van der Waals surface area contributed by atoms with Gasteiger partial charge in [-0.05, 0) is 64.1 Å². The van der Waals surface area contributed by atoms with Gasteiger partial charge in [0.1, 0.15) is 0 Å². The van der Waals surface area contributed by atoms with E-state index in [1.165, 1.54) is 12.8 Å². The van der Waals surface area contributed by atoms with Crippen LogP contribution in [0.15, 0.2) is 0 Å². The van der Waals surface area contributed by atoms with Crippen molar-refractivity contribution >= 4 is 5.91 Å². The summed E-state index contributed by atoms with van der Waals surface area (Å²) in [6.45, 7) is 5.20. The van der Waals surface area contributed by atoms with Crippen molar-refractivity contribution in [3.05, 3.63) is 0 Å². The molecule has 2 N–H and O–H groups in total. The fourth-order valence-electron chi connectivity index (χ4n) is 4.18. The number of piperidine rings is 2. The van der Waals surface area contributed by atoms with E-state index < -0.39 is 0 Å². The molecule has 0 aliphatic carbocycles. The lowest BCUT2D eigenvalue weighted by molar-refractivity contribution is -0.138. The fraction of sp³-hybridized carbons (Fsp3) is 0.938. The van der Waals surface area contributed by atoms with Gasteiger partial charge >= 0.3 is 0 Å². The lowest BCUT2D eigenvalue weighted by Gasteiger charge is -2.39. The second-order valence-corrected chi connectivity index (χ2v) is 6.83. The first kappa shape index (κ1) is 15.3. The van der Waals surface area contributed by atoms with Gasteiger partial charge in [-0.25, -0.2) is 0 Å². The van der Waals surface area contributed by atoms with E-state index in [1.54, 1.807) is 0 Å². The maximum atomic E-state index is 12.9. The summed E-state index contributed by atoms with van der Waals surface area (Å²) in [6, 6.07) is 0.719. The maximum absolute atomic E-state index is 12.9. The number of hydrogen-bond donors (Lipinski definition) is 2. The standard InChI is InChI=1S/C16H29N3O2/c20-12-13-5-10-18(11-6-13)16(21)15-2-1-9-19(15)14-3-7-17-8-4-14/h13-15,17,20H,1-12H2.